The van der Waals surface area contributed by atoms with Crippen molar-refractivity contribution in [3.8, 4) is 17.4 Å². The van der Waals surface area contributed by atoms with E-state index in [1.165, 1.54) is 16.4 Å². The molecule has 3 aromatic rings. The summed E-state index contributed by atoms with van der Waals surface area (Å²) in [5.74, 6) is 0.264. The summed E-state index contributed by atoms with van der Waals surface area (Å²) in [6.45, 7) is 0. The van der Waals surface area contributed by atoms with Crippen LogP contribution >= 0.6 is 35.0 Å². The summed E-state index contributed by atoms with van der Waals surface area (Å²) >= 11 is 13.0. The Morgan fingerprint density at radius 3 is 2.68 bits per heavy atom. The van der Waals surface area contributed by atoms with Crippen molar-refractivity contribution in [1.29, 1.82) is 0 Å². The van der Waals surface area contributed by atoms with E-state index in [9.17, 15) is 9.90 Å². The zero-order valence-corrected chi connectivity index (χ0v) is 17.0. The topological polar surface area (TPSA) is 91.3 Å². The zero-order valence-electron chi connectivity index (χ0n) is 14.6. The molecule has 3 rings (SSSR count). The summed E-state index contributed by atoms with van der Waals surface area (Å²) in [6.07, 6.45) is 0.179. The molecule has 0 aliphatic carbocycles. The first-order chi connectivity index (χ1) is 13.5. The minimum Gasteiger partial charge on any atom is -0.538 e. The van der Waals surface area contributed by atoms with Gasteiger partial charge in [0, 0.05) is 30.0 Å². The summed E-state index contributed by atoms with van der Waals surface area (Å²) in [5, 5.41) is 19.5. The number of anilines is 1. The van der Waals surface area contributed by atoms with E-state index >= 15 is 0 Å². The molecule has 0 aliphatic rings. The molecule has 10 heteroatoms. The predicted molar refractivity (Wildman–Crippen MR) is 104 cm³/mol. The summed E-state index contributed by atoms with van der Waals surface area (Å²) in [6, 6.07) is 11.8. The largest absolute Gasteiger partial charge is 0.538 e. The summed E-state index contributed by atoms with van der Waals surface area (Å²) in [5.41, 5.74) is 1.20. The van der Waals surface area contributed by atoms with Crippen LogP contribution in [-0.4, -0.2) is 24.0 Å². The van der Waals surface area contributed by atoms with Crippen LogP contribution < -0.4 is 19.8 Å². The first kappa shape index (κ1) is 20.3. The summed E-state index contributed by atoms with van der Waals surface area (Å²) < 4.78 is 11.3. The predicted octanol–water partition coefficient (Wildman–Crippen LogP) is 3.46. The monoisotopic (exact) mass is 439 g/mol. The highest BCUT2D eigenvalue weighted by molar-refractivity contribution is 7.99. The molecule has 0 spiro atoms. The maximum absolute atomic E-state index is 12.1. The van der Waals surface area contributed by atoms with Gasteiger partial charge in [0.15, 0.2) is 5.95 Å². The van der Waals surface area contributed by atoms with Gasteiger partial charge in [-0.3, -0.25) is 4.79 Å². The molecular weight excluding hydrogens is 425 g/mol. The number of ether oxygens (including phenoxy) is 1. The van der Waals surface area contributed by atoms with E-state index < -0.39 is 5.95 Å². The van der Waals surface area contributed by atoms with Gasteiger partial charge in [0.25, 0.3) is 5.03 Å². The lowest BCUT2D eigenvalue weighted by Gasteiger charge is -2.06. The highest BCUT2D eigenvalue weighted by atomic mass is 35.5. The Kier molecular flexibility index (Phi) is 6.66. The molecule has 0 saturated carbocycles. The van der Waals surface area contributed by atoms with Crippen molar-refractivity contribution in [1.82, 2.24) is 5.27 Å². The number of nitrogens with one attached hydrogen (secondary N) is 1. The number of carbonyl (C=O) groups is 1. The van der Waals surface area contributed by atoms with Gasteiger partial charge in [0.05, 0.1) is 22.4 Å². The highest BCUT2D eigenvalue weighted by Gasteiger charge is 2.21. The van der Waals surface area contributed by atoms with Crippen molar-refractivity contribution in [3.63, 3.8) is 0 Å². The summed E-state index contributed by atoms with van der Waals surface area (Å²) in [4.78, 5) is 12.1. The Balaban J connectivity index is 1.60. The lowest BCUT2D eigenvalue weighted by atomic mass is 10.3. The number of thioether (sulfide) groups is 1. The second-order valence-corrected chi connectivity index (χ2v) is 7.45. The molecule has 1 heterocycles. The molecule has 0 radical (unpaired) electrons. The first-order valence-corrected chi connectivity index (χ1v) is 9.83. The van der Waals surface area contributed by atoms with Crippen LogP contribution in [0.4, 0.5) is 5.69 Å². The van der Waals surface area contributed by atoms with Crippen molar-refractivity contribution >= 4 is 46.6 Å². The van der Waals surface area contributed by atoms with Crippen LogP contribution in [0.15, 0.2) is 52.0 Å². The normalized spacial score (nSPS) is 10.7. The SMILES string of the molecule is COc1ccc(-[n+]2noc([O-])c2SCCC(=O)Nc2ccc(Cl)c(Cl)c2)cc1. The van der Waals surface area contributed by atoms with Crippen LogP contribution in [0.1, 0.15) is 6.42 Å². The van der Waals surface area contributed by atoms with E-state index in [-0.39, 0.29) is 17.4 Å². The van der Waals surface area contributed by atoms with Gasteiger partial charge in [-0.1, -0.05) is 35.0 Å². The van der Waals surface area contributed by atoms with E-state index in [4.69, 9.17) is 32.5 Å². The molecule has 1 aromatic heterocycles. The molecular formula is C18H15Cl2N3O4S. The molecule has 1 amide bonds. The standard InChI is InChI=1S/C18H15Cl2N3O4S/c1-26-13-5-3-12(4-6-13)23-17(18(25)27-22-23)28-9-8-16(24)21-11-2-7-14(19)15(20)10-11/h2-7,10H,8-9H2,1H3,(H-,21,22,24,25). The number of aromatic nitrogens is 2. The first-order valence-electron chi connectivity index (χ1n) is 8.09. The molecule has 0 atom stereocenters. The zero-order chi connectivity index (χ0) is 20.1. The number of benzene rings is 2. The average Bonchev–Trinajstić information content (AvgIpc) is 3.05. The van der Waals surface area contributed by atoms with Crippen molar-refractivity contribution in [2.45, 2.75) is 11.4 Å². The third-order valence-corrected chi connectivity index (χ3v) is 5.42. The molecule has 0 fully saturated rings. The molecule has 146 valence electrons. The van der Waals surface area contributed by atoms with Crippen molar-refractivity contribution in [3.05, 3.63) is 52.5 Å². The van der Waals surface area contributed by atoms with E-state index in [0.717, 1.165) is 0 Å². The number of nitrogens with zero attached hydrogens (tertiary/aromatic N) is 2. The number of halogens is 2. The molecule has 0 aliphatic heterocycles. The van der Waals surface area contributed by atoms with Crippen LogP contribution in [-0.2, 0) is 4.79 Å². The number of hydrogen-bond acceptors (Lipinski definition) is 6. The molecule has 7 nitrogen and oxygen atoms in total. The Morgan fingerprint density at radius 1 is 1.25 bits per heavy atom. The van der Waals surface area contributed by atoms with Gasteiger partial charge in [0.2, 0.25) is 11.6 Å². The molecule has 0 saturated heterocycles. The summed E-state index contributed by atoms with van der Waals surface area (Å²) in [7, 11) is 1.57. The third kappa shape index (κ3) is 4.89. The smallest absolute Gasteiger partial charge is 0.297 e. The quantitative estimate of drug-likeness (QED) is 0.447. The fourth-order valence-corrected chi connectivity index (χ4v) is 3.48. The fourth-order valence-electron chi connectivity index (χ4n) is 2.29. The van der Waals surface area contributed by atoms with Gasteiger partial charge >= 0.3 is 0 Å². The number of methoxy groups -OCH3 is 1. The average molecular weight is 440 g/mol. The third-order valence-electron chi connectivity index (χ3n) is 3.66. The maximum atomic E-state index is 12.1. The Morgan fingerprint density at radius 2 is 2.00 bits per heavy atom. The second kappa shape index (κ2) is 9.18. The second-order valence-electron chi connectivity index (χ2n) is 5.55. The van der Waals surface area contributed by atoms with E-state index in [1.54, 1.807) is 49.6 Å². The van der Waals surface area contributed by atoms with Gasteiger partial charge < -0.3 is 19.7 Å². The number of carbonyl (C=O) groups excluding carboxylic acids is 1. The fraction of sp³-hybridized carbons (Fsp3) is 0.167. The molecule has 2 aromatic carbocycles. The minimum atomic E-state index is -0.564. The molecule has 1 N–H and O–H groups in total. The van der Waals surface area contributed by atoms with E-state index in [1.807, 2.05) is 0 Å². The van der Waals surface area contributed by atoms with Crippen molar-refractivity contribution < 1.29 is 23.8 Å². The minimum absolute atomic E-state index is 0.179. The van der Waals surface area contributed by atoms with Crippen LogP contribution in [0.3, 0.4) is 0 Å². The lowest BCUT2D eigenvalue weighted by molar-refractivity contribution is -0.705. The van der Waals surface area contributed by atoms with Crippen molar-refractivity contribution in [2.24, 2.45) is 0 Å². The Hall–Kier alpha value is -2.42. The molecule has 28 heavy (non-hydrogen) atoms. The van der Waals surface area contributed by atoms with Gasteiger partial charge in [-0.25, -0.2) is 0 Å². The van der Waals surface area contributed by atoms with Crippen LogP contribution in [0, 0.1) is 0 Å². The maximum Gasteiger partial charge on any atom is 0.297 e. The van der Waals surface area contributed by atoms with Crippen LogP contribution in [0.2, 0.25) is 10.0 Å². The molecule has 0 unspecified atom stereocenters. The molecule has 0 bridgehead atoms. The van der Waals surface area contributed by atoms with Crippen LogP contribution in [0.25, 0.3) is 5.69 Å². The van der Waals surface area contributed by atoms with Crippen molar-refractivity contribution in [2.75, 3.05) is 18.2 Å². The van der Waals surface area contributed by atoms with Gasteiger partial charge in [-0.2, -0.15) is 0 Å². The van der Waals surface area contributed by atoms with Gasteiger partial charge in [-0.15, -0.1) is 0 Å². The van der Waals surface area contributed by atoms with E-state index in [2.05, 4.69) is 10.6 Å². The number of amides is 1. The van der Waals surface area contributed by atoms with Gasteiger partial charge in [-0.05, 0) is 35.0 Å². The van der Waals surface area contributed by atoms with Crippen LogP contribution in [0.5, 0.6) is 11.7 Å². The lowest BCUT2D eigenvalue weighted by Crippen LogP contribution is -2.34. The van der Waals surface area contributed by atoms with Gasteiger partial charge in [0.1, 0.15) is 5.75 Å². The number of hydrogen-bond donors (Lipinski definition) is 1. The Labute approximate surface area is 175 Å². The highest BCUT2D eigenvalue weighted by Crippen LogP contribution is 2.26. The number of rotatable bonds is 7. The Bertz CT molecular complexity index is 979. The van der Waals surface area contributed by atoms with E-state index in [0.29, 0.717) is 32.9 Å².